The number of aromatic nitrogens is 4. The van der Waals surface area contributed by atoms with Crippen LogP contribution in [0.5, 0.6) is 0 Å². The molecule has 1 amide bonds. The van der Waals surface area contributed by atoms with E-state index in [2.05, 4.69) is 25.7 Å². The fraction of sp³-hybridized carbons (Fsp3) is 0.579. The number of rotatable bonds is 6. The van der Waals surface area contributed by atoms with Crippen molar-refractivity contribution in [2.24, 2.45) is 17.6 Å². The summed E-state index contributed by atoms with van der Waals surface area (Å²) in [5, 5.41) is 9.98. The quantitative estimate of drug-likeness (QED) is 0.579. The molecule has 4 aliphatic rings. The zero-order valence-electron chi connectivity index (χ0n) is 16.8. The zero-order chi connectivity index (χ0) is 22.3. The van der Waals surface area contributed by atoms with Gasteiger partial charge >= 0.3 is 0 Å². The van der Waals surface area contributed by atoms with Gasteiger partial charge in [0.25, 0.3) is 5.92 Å². The fourth-order valence-corrected chi connectivity index (χ4v) is 4.61. The van der Waals surface area contributed by atoms with Gasteiger partial charge in [0.1, 0.15) is 5.92 Å². The highest BCUT2D eigenvalue weighted by molar-refractivity contribution is 5.84. The van der Waals surface area contributed by atoms with Crippen molar-refractivity contribution in [3.05, 3.63) is 24.4 Å². The Balaban J connectivity index is 1.16. The maximum atomic E-state index is 14.5. The number of ether oxygens (including phenoxy) is 1. The second-order valence-corrected chi connectivity index (χ2v) is 8.95. The number of anilines is 3. The highest BCUT2D eigenvalue weighted by Gasteiger charge is 2.71. The van der Waals surface area contributed by atoms with E-state index in [1.54, 1.807) is 22.0 Å². The largest absolute Gasteiger partial charge is 0.377 e. The van der Waals surface area contributed by atoms with Gasteiger partial charge in [-0.05, 0) is 0 Å². The minimum absolute atomic E-state index is 0.0621. The molecule has 6 rings (SSSR count). The second-order valence-electron chi connectivity index (χ2n) is 8.95. The van der Waals surface area contributed by atoms with Crippen LogP contribution in [-0.2, 0) is 9.53 Å². The molecule has 4 N–H and O–H groups in total. The van der Waals surface area contributed by atoms with E-state index in [0.29, 0.717) is 25.4 Å². The minimum Gasteiger partial charge on any atom is -0.377 e. The monoisotopic (exact) mass is 450 g/mol. The number of nitrogens with zero attached hydrogens (tertiary/aromatic N) is 5. The van der Waals surface area contributed by atoms with Gasteiger partial charge in [0.15, 0.2) is 11.6 Å². The number of piperidine rings is 1. The molecule has 13 heteroatoms. The van der Waals surface area contributed by atoms with Crippen molar-refractivity contribution in [1.29, 1.82) is 0 Å². The Labute approximate surface area is 180 Å². The summed E-state index contributed by atoms with van der Waals surface area (Å²) in [5.41, 5.74) is 5.92. The summed E-state index contributed by atoms with van der Waals surface area (Å²) in [6, 6.07) is -0.170. The van der Waals surface area contributed by atoms with Crippen LogP contribution >= 0.6 is 0 Å². The summed E-state index contributed by atoms with van der Waals surface area (Å²) < 4.78 is 48.0. The summed E-state index contributed by atoms with van der Waals surface area (Å²) in [4.78, 5) is 22.2. The lowest BCUT2D eigenvalue weighted by atomic mass is 10.2. The first-order valence-corrected chi connectivity index (χ1v) is 10.4. The number of amides is 1. The van der Waals surface area contributed by atoms with Crippen molar-refractivity contribution >= 4 is 23.4 Å². The third-order valence-corrected chi connectivity index (χ3v) is 6.83. The number of fused-ring (bicyclic) bond motifs is 1. The number of alkyl halides is 2. The van der Waals surface area contributed by atoms with Gasteiger partial charge in [-0.15, -0.1) is 0 Å². The maximum absolute atomic E-state index is 14.5. The summed E-state index contributed by atoms with van der Waals surface area (Å²) >= 11 is 0. The van der Waals surface area contributed by atoms with Crippen molar-refractivity contribution in [1.82, 2.24) is 25.1 Å². The van der Waals surface area contributed by atoms with E-state index in [-0.39, 0.29) is 36.3 Å². The Morgan fingerprint density at radius 3 is 2.78 bits per heavy atom. The summed E-state index contributed by atoms with van der Waals surface area (Å²) in [6.45, 7) is 1.76. The first-order valence-electron chi connectivity index (χ1n) is 10.4. The second kappa shape index (κ2) is 6.54. The van der Waals surface area contributed by atoms with Crippen LogP contribution in [-0.4, -0.2) is 69.5 Å². The molecule has 0 spiro atoms. The van der Waals surface area contributed by atoms with E-state index >= 15 is 0 Å². The molecule has 0 radical (unpaired) electrons. The van der Waals surface area contributed by atoms with E-state index in [4.69, 9.17) is 10.5 Å². The van der Waals surface area contributed by atoms with Crippen LogP contribution in [0.4, 0.5) is 30.6 Å². The summed E-state index contributed by atoms with van der Waals surface area (Å²) in [7, 11) is 0. The molecule has 2 aromatic heterocycles. The molecule has 4 atom stereocenters. The summed E-state index contributed by atoms with van der Waals surface area (Å²) in [5.74, 6) is -5.49. The van der Waals surface area contributed by atoms with Crippen LogP contribution in [0.3, 0.4) is 0 Å². The van der Waals surface area contributed by atoms with Crippen LogP contribution in [0.1, 0.15) is 12.5 Å². The number of nitrogens with one attached hydrogen (secondary N) is 2. The van der Waals surface area contributed by atoms with Crippen molar-refractivity contribution in [2.75, 3.05) is 36.5 Å². The average Bonchev–Trinajstić information content (AvgIpc) is 3.27. The standard InChI is InChI=1S/C19H21F3N8O2/c20-13-3-24-17(26-9-2-25-30(4-9)10-6-32-7-10)27-15(13)29-5-12-14(23)18(12,8-29)28-16(31)11-1-19(11,21)22/h2-4,10-12,14H,1,5-8,23H2,(H,28,31)(H,24,26,27)/t11-,12-,14+,18+/m0/s1. The van der Waals surface area contributed by atoms with Gasteiger partial charge in [0.2, 0.25) is 11.9 Å². The van der Waals surface area contributed by atoms with E-state index in [1.807, 2.05) is 0 Å². The smallest absolute Gasteiger partial charge is 0.260 e. The Morgan fingerprint density at radius 2 is 2.09 bits per heavy atom. The lowest BCUT2D eigenvalue weighted by Crippen LogP contribution is -2.48. The van der Waals surface area contributed by atoms with Crippen LogP contribution in [0.15, 0.2) is 18.6 Å². The molecule has 4 fully saturated rings. The Bertz CT molecular complexity index is 1090. The predicted octanol–water partition coefficient (Wildman–Crippen LogP) is 0.414. The van der Waals surface area contributed by atoms with Crippen molar-refractivity contribution in [3.63, 3.8) is 0 Å². The molecule has 2 aliphatic carbocycles. The van der Waals surface area contributed by atoms with E-state index in [1.165, 1.54) is 0 Å². The molecular formula is C19H21F3N8O2. The number of hydrogen-bond acceptors (Lipinski definition) is 8. The van der Waals surface area contributed by atoms with Crippen molar-refractivity contribution in [2.45, 2.75) is 30.0 Å². The first kappa shape index (κ1) is 19.7. The van der Waals surface area contributed by atoms with Gasteiger partial charge in [0, 0.05) is 37.7 Å². The number of hydrogen-bond donors (Lipinski definition) is 3. The predicted molar refractivity (Wildman–Crippen MR) is 105 cm³/mol. The molecule has 170 valence electrons. The van der Waals surface area contributed by atoms with Gasteiger partial charge in [-0.1, -0.05) is 0 Å². The van der Waals surface area contributed by atoms with E-state index < -0.39 is 35.5 Å². The van der Waals surface area contributed by atoms with Crippen LogP contribution in [0.25, 0.3) is 0 Å². The molecule has 4 heterocycles. The van der Waals surface area contributed by atoms with Gasteiger partial charge in [-0.3, -0.25) is 9.48 Å². The van der Waals surface area contributed by atoms with Gasteiger partial charge in [-0.25, -0.2) is 18.2 Å². The van der Waals surface area contributed by atoms with Crippen LogP contribution in [0, 0.1) is 17.7 Å². The SMILES string of the molecule is N[C@@H]1[C@@H]2CN(c3nc(Nc4cnn(C5COC5)c4)ncc3F)C[C@]12NC(=O)[C@@H]1CC1(F)F. The molecule has 2 saturated carbocycles. The Morgan fingerprint density at radius 1 is 1.31 bits per heavy atom. The highest BCUT2D eigenvalue weighted by Crippen LogP contribution is 2.53. The van der Waals surface area contributed by atoms with E-state index in [0.717, 1.165) is 6.20 Å². The molecule has 2 aliphatic heterocycles. The Kier molecular flexibility index (Phi) is 4.03. The molecule has 0 bridgehead atoms. The molecule has 10 nitrogen and oxygen atoms in total. The molecule has 32 heavy (non-hydrogen) atoms. The third-order valence-electron chi connectivity index (χ3n) is 6.83. The number of nitrogens with two attached hydrogens (primary N) is 1. The van der Waals surface area contributed by atoms with Gasteiger partial charge in [0.05, 0.1) is 42.9 Å². The van der Waals surface area contributed by atoms with Gasteiger partial charge < -0.3 is 26.0 Å². The van der Waals surface area contributed by atoms with Crippen molar-refractivity contribution in [3.8, 4) is 0 Å². The number of carbonyl (C=O) groups is 1. The van der Waals surface area contributed by atoms with Gasteiger partial charge in [-0.2, -0.15) is 10.1 Å². The molecule has 2 aromatic rings. The average molecular weight is 450 g/mol. The molecule has 2 saturated heterocycles. The number of carbonyl (C=O) groups excluding carboxylic acids is 1. The van der Waals surface area contributed by atoms with Crippen LogP contribution < -0.4 is 21.3 Å². The lowest BCUT2D eigenvalue weighted by molar-refractivity contribution is -0.125. The maximum Gasteiger partial charge on any atom is 0.260 e. The van der Waals surface area contributed by atoms with E-state index in [9.17, 15) is 18.0 Å². The number of halogens is 3. The summed E-state index contributed by atoms with van der Waals surface area (Å²) in [6.07, 6.45) is 4.03. The first-order chi connectivity index (χ1) is 15.3. The molecular weight excluding hydrogens is 429 g/mol. The molecule has 0 aromatic carbocycles. The topological polar surface area (TPSA) is 123 Å². The lowest BCUT2D eigenvalue weighted by Gasteiger charge is -2.25. The third kappa shape index (κ3) is 3.02. The molecule has 0 unspecified atom stereocenters. The fourth-order valence-electron chi connectivity index (χ4n) is 4.61. The zero-order valence-corrected chi connectivity index (χ0v) is 16.8. The minimum atomic E-state index is -2.95. The Hall–Kier alpha value is -2.93. The highest BCUT2D eigenvalue weighted by atomic mass is 19.3. The normalized spacial score (nSPS) is 32.2. The van der Waals surface area contributed by atoms with Crippen molar-refractivity contribution < 1.29 is 22.7 Å². The van der Waals surface area contributed by atoms with Crippen LogP contribution in [0.2, 0.25) is 0 Å².